The van der Waals surface area contributed by atoms with Gasteiger partial charge in [0.2, 0.25) is 0 Å². The van der Waals surface area contributed by atoms with E-state index in [1.54, 1.807) is 0 Å². The third-order valence-corrected chi connectivity index (χ3v) is 3.41. The maximum absolute atomic E-state index is 12.9. The fourth-order valence-corrected chi connectivity index (χ4v) is 2.13. The van der Waals surface area contributed by atoms with Crippen LogP contribution in [0.4, 0.5) is 26.3 Å². The van der Waals surface area contributed by atoms with E-state index in [9.17, 15) is 36.6 Å². The number of aliphatic hydroxyl groups is 1. The van der Waals surface area contributed by atoms with Crippen molar-refractivity contribution in [2.24, 2.45) is 0 Å². The molecule has 0 aliphatic heterocycles. The molecule has 0 aliphatic carbocycles. The lowest BCUT2D eigenvalue weighted by Gasteiger charge is -2.33. The van der Waals surface area contributed by atoms with Gasteiger partial charge in [-0.2, -0.15) is 26.3 Å². The van der Waals surface area contributed by atoms with Crippen LogP contribution in [0.15, 0.2) is 42.5 Å². The van der Waals surface area contributed by atoms with Gasteiger partial charge >= 0.3 is 12.4 Å². The Kier molecular flexibility index (Phi) is 4.17. The molecule has 0 radical (unpaired) electrons. The van der Waals surface area contributed by atoms with E-state index in [-0.39, 0.29) is 16.9 Å². The zero-order chi connectivity index (χ0) is 18.3. The quantitative estimate of drug-likeness (QED) is 0.714. The number of alkyl halides is 6. The maximum atomic E-state index is 12.9. The Bertz CT molecular complexity index is 720. The fraction of sp³-hybridized carbons (Fsp3) is 0.200. The summed E-state index contributed by atoms with van der Waals surface area (Å²) >= 11 is 0. The summed E-state index contributed by atoms with van der Waals surface area (Å²) in [6.07, 6.45) is -12.2. The molecule has 0 unspecified atom stereocenters. The molecule has 0 bridgehead atoms. The molecule has 0 heterocycles. The van der Waals surface area contributed by atoms with Crippen molar-refractivity contribution in [2.75, 3.05) is 0 Å². The Morgan fingerprint density at radius 1 is 0.667 bits per heavy atom. The first-order valence-electron chi connectivity index (χ1n) is 6.36. The second-order valence-electron chi connectivity index (χ2n) is 4.98. The minimum absolute atomic E-state index is 0.116. The van der Waals surface area contributed by atoms with E-state index in [0.717, 1.165) is 6.07 Å². The number of hydrogen-bond acceptors (Lipinski definition) is 3. The number of benzene rings is 2. The molecule has 3 nitrogen and oxygen atoms in total. The van der Waals surface area contributed by atoms with Crippen LogP contribution in [0.2, 0.25) is 0 Å². The highest BCUT2D eigenvalue weighted by Gasteiger charge is 2.72. The Labute approximate surface area is 131 Å². The fourth-order valence-electron chi connectivity index (χ4n) is 2.13. The van der Waals surface area contributed by atoms with Crippen LogP contribution >= 0.6 is 0 Å². The molecule has 0 amide bonds. The van der Waals surface area contributed by atoms with Crippen molar-refractivity contribution in [3.8, 4) is 22.6 Å². The van der Waals surface area contributed by atoms with Crippen LogP contribution in [-0.4, -0.2) is 27.7 Å². The van der Waals surface area contributed by atoms with Crippen molar-refractivity contribution in [3.05, 3.63) is 48.0 Å². The highest BCUT2D eigenvalue weighted by atomic mass is 19.4. The largest absolute Gasteiger partial charge is 0.508 e. The number of phenolic OH excluding ortho intramolecular Hbond substituents is 2. The van der Waals surface area contributed by atoms with Gasteiger partial charge in [0.1, 0.15) is 11.5 Å². The van der Waals surface area contributed by atoms with Gasteiger partial charge in [0.05, 0.1) is 0 Å². The SMILES string of the molecule is Oc1ccc(-c2ccc(O)c(C(O)(C(F)(F)F)C(F)(F)F)c2)cc1. The van der Waals surface area contributed by atoms with Crippen LogP contribution in [0.5, 0.6) is 11.5 Å². The van der Waals surface area contributed by atoms with Crippen LogP contribution in [-0.2, 0) is 5.60 Å². The first kappa shape index (κ1) is 17.9. The van der Waals surface area contributed by atoms with Crippen molar-refractivity contribution in [1.82, 2.24) is 0 Å². The first-order chi connectivity index (χ1) is 10.9. The van der Waals surface area contributed by atoms with E-state index in [4.69, 9.17) is 5.11 Å². The van der Waals surface area contributed by atoms with Gasteiger partial charge in [-0.25, -0.2) is 0 Å². The number of halogens is 6. The highest BCUT2D eigenvalue weighted by molar-refractivity contribution is 5.67. The normalized spacial score (nSPS) is 13.1. The van der Waals surface area contributed by atoms with Gasteiger partial charge in [0, 0.05) is 5.56 Å². The lowest BCUT2D eigenvalue weighted by molar-refractivity contribution is -0.376. The standard InChI is InChI=1S/C15H10F6O3/c16-14(17,18)13(24,15(19,20)21)11-7-9(3-6-12(11)23)8-1-4-10(22)5-2-8/h1-7,22-24H. The summed E-state index contributed by atoms with van der Waals surface area (Å²) in [5.74, 6) is -1.51. The molecule has 0 aromatic heterocycles. The molecule has 2 aromatic carbocycles. The predicted octanol–water partition coefficient (Wildman–Crippen LogP) is 4.08. The van der Waals surface area contributed by atoms with Crippen molar-refractivity contribution in [2.45, 2.75) is 18.0 Å². The first-order valence-corrected chi connectivity index (χ1v) is 6.36. The third kappa shape index (κ3) is 2.86. The zero-order valence-electron chi connectivity index (χ0n) is 11.7. The Morgan fingerprint density at radius 3 is 1.58 bits per heavy atom. The third-order valence-electron chi connectivity index (χ3n) is 3.41. The highest BCUT2D eigenvalue weighted by Crippen LogP contribution is 2.52. The molecule has 2 rings (SSSR count). The zero-order valence-corrected chi connectivity index (χ0v) is 11.7. The molecule has 24 heavy (non-hydrogen) atoms. The van der Waals surface area contributed by atoms with Gasteiger partial charge in [-0.1, -0.05) is 18.2 Å². The van der Waals surface area contributed by atoms with Crippen molar-refractivity contribution >= 4 is 0 Å². The van der Waals surface area contributed by atoms with E-state index < -0.39 is 29.3 Å². The molecule has 0 fully saturated rings. The van der Waals surface area contributed by atoms with Crippen LogP contribution in [0.1, 0.15) is 5.56 Å². The van der Waals surface area contributed by atoms with Crippen molar-refractivity contribution < 1.29 is 41.7 Å². The van der Waals surface area contributed by atoms with E-state index in [2.05, 4.69) is 0 Å². The van der Waals surface area contributed by atoms with E-state index >= 15 is 0 Å². The molecule has 0 saturated heterocycles. The summed E-state index contributed by atoms with van der Waals surface area (Å²) in [4.78, 5) is 0. The molecule has 0 saturated carbocycles. The molecule has 0 aliphatic rings. The van der Waals surface area contributed by atoms with E-state index in [0.29, 0.717) is 12.1 Å². The summed E-state index contributed by atoms with van der Waals surface area (Å²) in [5, 5.41) is 28.1. The number of hydrogen-bond donors (Lipinski definition) is 3. The average Bonchev–Trinajstić information content (AvgIpc) is 2.45. The summed E-state index contributed by atoms with van der Waals surface area (Å²) in [7, 11) is 0. The van der Waals surface area contributed by atoms with Gasteiger partial charge < -0.3 is 15.3 Å². The van der Waals surface area contributed by atoms with Crippen LogP contribution < -0.4 is 0 Å². The van der Waals surface area contributed by atoms with Crippen LogP contribution in [0.3, 0.4) is 0 Å². The number of rotatable bonds is 2. The molecule has 0 spiro atoms. The molecule has 2 aromatic rings. The second kappa shape index (κ2) is 5.59. The maximum Gasteiger partial charge on any atom is 0.430 e. The van der Waals surface area contributed by atoms with E-state index in [1.807, 2.05) is 0 Å². The van der Waals surface area contributed by atoms with Gasteiger partial charge in [-0.15, -0.1) is 0 Å². The van der Waals surface area contributed by atoms with Gasteiger partial charge in [0.15, 0.2) is 0 Å². The van der Waals surface area contributed by atoms with Crippen LogP contribution in [0, 0.1) is 0 Å². The summed E-state index contributed by atoms with van der Waals surface area (Å²) in [6.45, 7) is 0. The second-order valence-corrected chi connectivity index (χ2v) is 4.98. The Hall–Kier alpha value is -2.42. The van der Waals surface area contributed by atoms with Crippen molar-refractivity contribution in [3.63, 3.8) is 0 Å². The topological polar surface area (TPSA) is 60.7 Å². The minimum Gasteiger partial charge on any atom is -0.508 e. The van der Waals surface area contributed by atoms with Crippen molar-refractivity contribution in [1.29, 1.82) is 0 Å². The van der Waals surface area contributed by atoms with Crippen LogP contribution in [0.25, 0.3) is 11.1 Å². The number of aromatic hydroxyl groups is 2. The molecule has 9 heteroatoms. The summed E-state index contributed by atoms with van der Waals surface area (Å²) < 4.78 is 77.6. The monoisotopic (exact) mass is 352 g/mol. The summed E-state index contributed by atoms with van der Waals surface area (Å²) in [6, 6.07) is 6.99. The molecule has 3 N–H and O–H groups in total. The van der Waals surface area contributed by atoms with Gasteiger partial charge in [-0.05, 0) is 35.4 Å². The Balaban J connectivity index is 2.69. The number of phenols is 2. The Morgan fingerprint density at radius 2 is 1.12 bits per heavy atom. The molecular formula is C15H10F6O3. The lowest BCUT2D eigenvalue weighted by Crippen LogP contribution is -2.53. The minimum atomic E-state index is -6.10. The molecule has 0 atom stereocenters. The van der Waals surface area contributed by atoms with E-state index in [1.165, 1.54) is 24.3 Å². The molecular weight excluding hydrogens is 342 g/mol. The molecule has 130 valence electrons. The summed E-state index contributed by atoms with van der Waals surface area (Å²) in [5.41, 5.74) is -6.89. The lowest BCUT2D eigenvalue weighted by atomic mass is 9.89. The smallest absolute Gasteiger partial charge is 0.430 e. The van der Waals surface area contributed by atoms with Gasteiger partial charge in [-0.3, -0.25) is 0 Å². The average molecular weight is 352 g/mol. The van der Waals surface area contributed by atoms with Gasteiger partial charge in [0.25, 0.3) is 5.60 Å². The predicted molar refractivity (Wildman–Crippen MR) is 71.2 cm³/mol.